The highest BCUT2D eigenvalue weighted by atomic mass is 19.4. The minimum absolute atomic E-state index is 0.477. The Morgan fingerprint density at radius 3 is 2.42 bits per heavy atom. The van der Waals surface area contributed by atoms with Crippen LogP contribution >= 0.6 is 0 Å². The van der Waals surface area contributed by atoms with Gasteiger partial charge in [-0.15, -0.1) is 0 Å². The number of hydrogen-bond acceptors (Lipinski definition) is 4. The second-order valence-electron chi connectivity index (χ2n) is 3.41. The number of carbonyl (C=O) groups excluding carboxylic acids is 1. The number of aromatic nitrogens is 1. The Bertz CT molecular complexity index is 488. The largest absolute Gasteiger partial charge is 0.464 e. The summed E-state index contributed by atoms with van der Waals surface area (Å²) < 4.78 is 68.3. The molecular formula is C10H9F5N2O2. The number of rotatable bonds is 3. The first-order chi connectivity index (χ1) is 8.73. The summed E-state index contributed by atoms with van der Waals surface area (Å²) in [6.07, 6.45) is -7.90. The molecule has 0 spiro atoms. The van der Waals surface area contributed by atoms with Gasteiger partial charge in [0.25, 0.3) is 6.43 Å². The summed E-state index contributed by atoms with van der Waals surface area (Å²) in [7, 11) is 0.822. The number of alkyl halides is 5. The van der Waals surface area contributed by atoms with Gasteiger partial charge in [-0.25, -0.2) is 18.6 Å². The molecule has 0 saturated carbocycles. The molecule has 106 valence electrons. The molecule has 0 aliphatic heterocycles. The lowest BCUT2D eigenvalue weighted by Crippen LogP contribution is -2.21. The maximum absolute atomic E-state index is 12.9. The molecule has 1 aromatic rings. The van der Waals surface area contributed by atoms with Gasteiger partial charge < -0.3 is 10.5 Å². The van der Waals surface area contributed by atoms with E-state index in [1.54, 1.807) is 0 Å². The third-order valence-corrected chi connectivity index (χ3v) is 2.30. The van der Waals surface area contributed by atoms with E-state index in [2.05, 4.69) is 9.72 Å². The van der Waals surface area contributed by atoms with E-state index in [1.807, 2.05) is 0 Å². The van der Waals surface area contributed by atoms with Gasteiger partial charge in [0.15, 0.2) is 5.69 Å². The van der Waals surface area contributed by atoms with Gasteiger partial charge in [0.2, 0.25) is 0 Å². The molecule has 1 rings (SSSR count). The van der Waals surface area contributed by atoms with Crippen LogP contribution in [0.15, 0.2) is 6.20 Å². The summed E-state index contributed by atoms with van der Waals surface area (Å²) in [6.45, 7) is -0.558. The third kappa shape index (κ3) is 2.98. The Morgan fingerprint density at radius 1 is 1.47 bits per heavy atom. The summed E-state index contributed by atoms with van der Waals surface area (Å²) in [4.78, 5) is 14.4. The minimum Gasteiger partial charge on any atom is -0.464 e. The number of nitrogens with zero attached hydrogens (tertiary/aromatic N) is 1. The number of nitrogens with two attached hydrogens (primary N) is 1. The zero-order chi connectivity index (χ0) is 14.8. The lowest BCUT2D eigenvalue weighted by molar-refractivity contribution is -0.140. The Morgan fingerprint density at radius 2 is 2.05 bits per heavy atom. The van der Waals surface area contributed by atoms with E-state index in [9.17, 15) is 26.7 Å². The van der Waals surface area contributed by atoms with Gasteiger partial charge in [-0.3, -0.25) is 0 Å². The van der Waals surface area contributed by atoms with Crippen LogP contribution in [-0.2, 0) is 17.5 Å². The molecule has 0 bridgehead atoms. The van der Waals surface area contributed by atoms with E-state index in [-0.39, 0.29) is 0 Å². The quantitative estimate of drug-likeness (QED) is 0.683. The van der Waals surface area contributed by atoms with E-state index >= 15 is 0 Å². The van der Waals surface area contributed by atoms with Crippen LogP contribution < -0.4 is 5.73 Å². The molecular weight excluding hydrogens is 275 g/mol. The third-order valence-electron chi connectivity index (χ3n) is 2.30. The van der Waals surface area contributed by atoms with Crippen molar-refractivity contribution in [1.82, 2.24) is 4.98 Å². The first-order valence-corrected chi connectivity index (χ1v) is 4.89. The van der Waals surface area contributed by atoms with Crippen molar-refractivity contribution in [2.45, 2.75) is 19.1 Å². The average molecular weight is 284 g/mol. The predicted molar refractivity (Wildman–Crippen MR) is 53.4 cm³/mol. The van der Waals surface area contributed by atoms with Crippen LogP contribution in [0.4, 0.5) is 22.0 Å². The molecule has 0 aliphatic carbocycles. The number of halogens is 5. The smallest absolute Gasteiger partial charge is 0.419 e. The first-order valence-electron chi connectivity index (χ1n) is 4.89. The molecule has 1 aromatic heterocycles. The number of ether oxygens (including phenoxy) is 1. The molecule has 0 aliphatic rings. The summed E-state index contributed by atoms with van der Waals surface area (Å²) in [5, 5.41) is 0. The molecule has 0 aromatic carbocycles. The Balaban J connectivity index is 3.69. The summed E-state index contributed by atoms with van der Waals surface area (Å²) in [5.74, 6) is -1.45. The molecule has 1 heterocycles. The molecule has 0 saturated heterocycles. The van der Waals surface area contributed by atoms with Gasteiger partial charge in [-0.05, 0) is 5.56 Å². The molecule has 0 amide bonds. The van der Waals surface area contributed by atoms with Crippen molar-refractivity contribution < 1.29 is 31.5 Å². The highest BCUT2D eigenvalue weighted by molar-refractivity contribution is 5.89. The molecule has 0 radical (unpaired) electrons. The lowest BCUT2D eigenvalue weighted by Gasteiger charge is -2.17. The summed E-state index contributed by atoms with van der Waals surface area (Å²) in [5.41, 5.74) is 0.269. The standard InChI is InChI=1S/C10H9F5N2O2/c1-19-9(18)7-6(10(13,14)15)5(8(11)12)4(2-16)3-17-7/h3,8H,2,16H2,1H3. The topological polar surface area (TPSA) is 65.2 Å². The minimum atomic E-state index is -5.17. The highest BCUT2D eigenvalue weighted by Crippen LogP contribution is 2.39. The number of esters is 1. The molecule has 0 fully saturated rings. The second kappa shape index (κ2) is 5.47. The van der Waals surface area contributed by atoms with Crippen molar-refractivity contribution in [3.63, 3.8) is 0 Å². The first kappa shape index (κ1) is 15.3. The van der Waals surface area contributed by atoms with E-state index in [1.165, 1.54) is 0 Å². The predicted octanol–water partition coefficient (Wildman–Crippen LogP) is 2.28. The zero-order valence-corrected chi connectivity index (χ0v) is 9.59. The van der Waals surface area contributed by atoms with Crippen LogP contribution in [0, 0.1) is 0 Å². The van der Waals surface area contributed by atoms with E-state index < -0.39 is 47.5 Å². The fraction of sp³-hybridized carbons (Fsp3) is 0.400. The summed E-state index contributed by atoms with van der Waals surface area (Å²) in [6, 6.07) is 0. The molecule has 2 N–H and O–H groups in total. The van der Waals surface area contributed by atoms with Crippen molar-refractivity contribution in [2.24, 2.45) is 5.73 Å². The Labute approximate surface area is 104 Å². The highest BCUT2D eigenvalue weighted by Gasteiger charge is 2.42. The Hall–Kier alpha value is -1.77. The van der Waals surface area contributed by atoms with Gasteiger partial charge >= 0.3 is 12.1 Å². The second-order valence-corrected chi connectivity index (χ2v) is 3.41. The van der Waals surface area contributed by atoms with Crippen LogP contribution in [0.5, 0.6) is 0 Å². The van der Waals surface area contributed by atoms with Crippen LogP contribution in [0.3, 0.4) is 0 Å². The molecule has 19 heavy (non-hydrogen) atoms. The summed E-state index contributed by atoms with van der Waals surface area (Å²) >= 11 is 0. The monoisotopic (exact) mass is 284 g/mol. The molecule has 0 atom stereocenters. The molecule has 9 heteroatoms. The fourth-order valence-electron chi connectivity index (χ4n) is 1.51. The van der Waals surface area contributed by atoms with Crippen molar-refractivity contribution in [1.29, 1.82) is 0 Å². The molecule has 4 nitrogen and oxygen atoms in total. The van der Waals surface area contributed by atoms with Gasteiger partial charge in [-0.2, -0.15) is 13.2 Å². The van der Waals surface area contributed by atoms with Crippen molar-refractivity contribution >= 4 is 5.97 Å². The number of hydrogen-bond donors (Lipinski definition) is 1. The normalized spacial score (nSPS) is 11.8. The fourth-order valence-corrected chi connectivity index (χ4v) is 1.51. The van der Waals surface area contributed by atoms with Crippen molar-refractivity contribution in [3.8, 4) is 0 Å². The van der Waals surface area contributed by atoms with Gasteiger partial charge in [0, 0.05) is 18.3 Å². The average Bonchev–Trinajstić information content (AvgIpc) is 2.34. The van der Waals surface area contributed by atoms with Gasteiger partial charge in [0.05, 0.1) is 12.7 Å². The van der Waals surface area contributed by atoms with Crippen LogP contribution in [-0.4, -0.2) is 18.1 Å². The van der Waals surface area contributed by atoms with Crippen molar-refractivity contribution in [3.05, 3.63) is 28.6 Å². The molecule has 0 unspecified atom stereocenters. The SMILES string of the molecule is COC(=O)c1ncc(CN)c(C(F)F)c1C(F)(F)F. The number of pyridine rings is 1. The number of carbonyl (C=O) groups is 1. The van der Waals surface area contributed by atoms with Gasteiger partial charge in [-0.1, -0.05) is 0 Å². The van der Waals surface area contributed by atoms with E-state index in [0.717, 1.165) is 7.11 Å². The zero-order valence-electron chi connectivity index (χ0n) is 9.59. The Kier molecular flexibility index (Phi) is 4.40. The van der Waals surface area contributed by atoms with Crippen LogP contribution in [0.25, 0.3) is 0 Å². The maximum Gasteiger partial charge on any atom is 0.419 e. The number of methoxy groups -OCH3 is 1. The van der Waals surface area contributed by atoms with E-state index in [0.29, 0.717) is 6.20 Å². The van der Waals surface area contributed by atoms with Crippen molar-refractivity contribution in [2.75, 3.05) is 7.11 Å². The lowest BCUT2D eigenvalue weighted by atomic mass is 10.0. The maximum atomic E-state index is 12.9. The van der Waals surface area contributed by atoms with E-state index in [4.69, 9.17) is 5.73 Å². The van der Waals surface area contributed by atoms with Gasteiger partial charge in [0.1, 0.15) is 0 Å². The van der Waals surface area contributed by atoms with Crippen LogP contribution in [0.2, 0.25) is 0 Å². The van der Waals surface area contributed by atoms with Crippen LogP contribution in [0.1, 0.15) is 33.6 Å².